The predicted molar refractivity (Wildman–Crippen MR) is 107 cm³/mol. The molecule has 12 heteroatoms. The molecule has 0 amide bonds. The van der Waals surface area contributed by atoms with Crippen molar-refractivity contribution in [2.24, 2.45) is 0 Å². The Kier molecular flexibility index (Phi) is 4.53. The third-order valence-corrected chi connectivity index (χ3v) is 4.34. The van der Waals surface area contributed by atoms with Crippen molar-refractivity contribution >= 4 is 50.8 Å². The lowest BCUT2D eigenvalue weighted by atomic mass is 9.67. The summed E-state index contributed by atoms with van der Waals surface area (Å²) in [5, 5.41) is 11.9. The molecule has 28 heavy (non-hydrogen) atoms. The number of fused-ring (bicyclic) bond motifs is 2. The molecular formula is C16H13B2F2N7S. The van der Waals surface area contributed by atoms with Gasteiger partial charge in [-0.05, 0) is 30.2 Å². The van der Waals surface area contributed by atoms with Crippen molar-refractivity contribution in [3.05, 3.63) is 36.2 Å². The number of rotatable bonds is 5. The molecular weight excluding hydrogens is 382 g/mol. The molecule has 0 bridgehead atoms. The molecule has 4 radical (unpaired) electrons. The van der Waals surface area contributed by atoms with Crippen LogP contribution < -0.4 is 5.73 Å². The molecule has 1 aromatic carbocycles. The fourth-order valence-electron chi connectivity index (χ4n) is 3.14. The number of halogens is 2. The van der Waals surface area contributed by atoms with Crippen molar-refractivity contribution in [2.75, 3.05) is 5.73 Å². The van der Waals surface area contributed by atoms with E-state index in [0.717, 1.165) is 11.1 Å². The first-order valence-corrected chi connectivity index (χ1v) is 8.71. The van der Waals surface area contributed by atoms with Gasteiger partial charge in [0.05, 0.1) is 32.4 Å². The van der Waals surface area contributed by atoms with Gasteiger partial charge in [0.15, 0.2) is 0 Å². The number of nitrogen functional groups attached to an aromatic ring is 1. The molecule has 0 aliphatic carbocycles. The predicted octanol–water partition coefficient (Wildman–Crippen LogP) is 1.45. The topological polar surface area (TPSA) is 86.9 Å². The minimum atomic E-state index is -2.54. The molecule has 2 N–H and O–H groups in total. The van der Waals surface area contributed by atoms with Crippen LogP contribution >= 0.6 is 12.6 Å². The number of alkyl halides is 2. The molecule has 0 saturated carbocycles. The molecule has 7 nitrogen and oxygen atoms in total. The minimum Gasteiger partial charge on any atom is -0.367 e. The van der Waals surface area contributed by atoms with E-state index in [-0.39, 0.29) is 12.4 Å². The number of nitrogens with two attached hydrogens (primary N) is 1. The highest BCUT2D eigenvalue weighted by molar-refractivity contribution is 7.84. The van der Waals surface area contributed by atoms with Gasteiger partial charge in [0, 0.05) is 11.8 Å². The van der Waals surface area contributed by atoms with E-state index in [4.69, 9.17) is 21.4 Å². The standard InChI is InChI=1S/C16H13B2F2N7S/c17-16(18,28)6-11-14-9(3-4-26(14)24-15(21)22-11)8-1-2-10-12(5-8)27(25-23-10)7-13(19)20/h1-5,13,28H,6-7H2,(H2,21,24). The summed E-state index contributed by atoms with van der Waals surface area (Å²) in [7, 11) is 11.7. The smallest absolute Gasteiger partial charge is 0.258 e. The van der Waals surface area contributed by atoms with Crippen molar-refractivity contribution in [3.63, 3.8) is 0 Å². The zero-order valence-corrected chi connectivity index (χ0v) is 15.4. The van der Waals surface area contributed by atoms with Crippen LogP contribution in [0.4, 0.5) is 14.7 Å². The van der Waals surface area contributed by atoms with Crippen LogP contribution in [0.2, 0.25) is 0 Å². The summed E-state index contributed by atoms with van der Waals surface area (Å²) in [4.78, 5) is 4.26. The van der Waals surface area contributed by atoms with Crippen LogP contribution in [0.3, 0.4) is 0 Å². The van der Waals surface area contributed by atoms with Gasteiger partial charge in [-0.1, -0.05) is 15.8 Å². The summed E-state index contributed by atoms with van der Waals surface area (Å²) in [6, 6.07) is 7.10. The van der Waals surface area contributed by atoms with Gasteiger partial charge >= 0.3 is 0 Å². The van der Waals surface area contributed by atoms with Crippen molar-refractivity contribution in [1.82, 2.24) is 29.6 Å². The zero-order valence-electron chi connectivity index (χ0n) is 14.5. The lowest BCUT2D eigenvalue weighted by Gasteiger charge is -2.18. The summed E-state index contributed by atoms with van der Waals surface area (Å²) < 4.78 is 27.1. The maximum atomic E-state index is 12.8. The first-order valence-electron chi connectivity index (χ1n) is 8.27. The zero-order chi connectivity index (χ0) is 20.1. The van der Waals surface area contributed by atoms with Crippen LogP contribution in [0.15, 0.2) is 30.5 Å². The van der Waals surface area contributed by atoms with E-state index in [1.807, 2.05) is 12.1 Å². The highest BCUT2D eigenvalue weighted by atomic mass is 32.1. The van der Waals surface area contributed by atoms with Gasteiger partial charge in [-0.3, -0.25) is 0 Å². The van der Waals surface area contributed by atoms with Gasteiger partial charge in [-0.15, -0.1) is 10.2 Å². The first kappa shape index (κ1) is 18.7. The van der Waals surface area contributed by atoms with Crippen molar-refractivity contribution < 1.29 is 8.78 Å². The van der Waals surface area contributed by atoms with E-state index in [2.05, 4.69) is 33.0 Å². The Balaban J connectivity index is 1.89. The minimum absolute atomic E-state index is 0.0666. The summed E-state index contributed by atoms with van der Waals surface area (Å²) in [6.45, 7) is -0.538. The van der Waals surface area contributed by atoms with Crippen LogP contribution in [-0.2, 0) is 13.0 Å². The highest BCUT2D eigenvalue weighted by Crippen LogP contribution is 2.31. The number of nitrogens with zero attached hydrogens (tertiary/aromatic N) is 6. The van der Waals surface area contributed by atoms with Gasteiger partial charge in [0.25, 0.3) is 6.43 Å². The van der Waals surface area contributed by atoms with Crippen molar-refractivity contribution in [2.45, 2.75) is 23.9 Å². The maximum Gasteiger partial charge on any atom is 0.258 e. The number of hydrogen-bond acceptors (Lipinski definition) is 6. The second-order valence-corrected chi connectivity index (χ2v) is 7.31. The Morgan fingerprint density at radius 2 is 2.04 bits per heavy atom. The highest BCUT2D eigenvalue weighted by Gasteiger charge is 2.20. The molecule has 0 fully saturated rings. The summed E-state index contributed by atoms with van der Waals surface area (Å²) >= 11 is 4.17. The van der Waals surface area contributed by atoms with Gasteiger partial charge in [0.1, 0.15) is 12.1 Å². The van der Waals surface area contributed by atoms with Crippen molar-refractivity contribution in [3.8, 4) is 11.1 Å². The van der Waals surface area contributed by atoms with Crippen LogP contribution in [0, 0.1) is 0 Å². The van der Waals surface area contributed by atoms with E-state index in [1.54, 1.807) is 22.8 Å². The van der Waals surface area contributed by atoms with E-state index < -0.39 is 17.5 Å². The number of benzene rings is 1. The fraction of sp³-hybridized carbons (Fsp3) is 0.250. The second-order valence-electron chi connectivity index (χ2n) is 6.47. The van der Waals surface area contributed by atoms with Crippen LogP contribution in [0.5, 0.6) is 0 Å². The lowest BCUT2D eigenvalue weighted by Crippen LogP contribution is -2.26. The van der Waals surface area contributed by atoms with E-state index >= 15 is 0 Å². The third kappa shape index (κ3) is 3.56. The molecule has 3 aromatic heterocycles. The van der Waals surface area contributed by atoms with E-state index in [9.17, 15) is 8.78 Å². The van der Waals surface area contributed by atoms with Crippen LogP contribution in [0.25, 0.3) is 27.7 Å². The Bertz CT molecular complexity index is 1170. The second kappa shape index (κ2) is 6.77. The summed E-state index contributed by atoms with van der Waals surface area (Å²) in [5.41, 5.74) is 9.48. The molecule has 0 saturated heterocycles. The molecule has 0 aliphatic rings. The largest absolute Gasteiger partial charge is 0.367 e. The number of anilines is 1. The average Bonchev–Trinajstić information content (AvgIpc) is 3.17. The van der Waals surface area contributed by atoms with Gasteiger partial charge < -0.3 is 5.73 Å². The molecule has 4 aromatic rings. The normalized spacial score (nSPS) is 12.4. The summed E-state index contributed by atoms with van der Waals surface area (Å²) in [5.74, 6) is 0.0666. The molecule has 138 valence electrons. The van der Waals surface area contributed by atoms with E-state index in [1.165, 1.54) is 4.68 Å². The van der Waals surface area contributed by atoms with Crippen LogP contribution in [0.1, 0.15) is 5.69 Å². The summed E-state index contributed by atoms with van der Waals surface area (Å²) in [6.07, 6.45) is -0.682. The quantitative estimate of drug-likeness (QED) is 0.395. The van der Waals surface area contributed by atoms with Gasteiger partial charge in [-0.2, -0.15) is 12.6 Å². The fourth-order valence-corrected chi connectivity index (χ4v) is 3.29. The SMILES string of the molecule is [B]C([B])(S)Cc1nc(N)nn2ccc(-c3ccc4nnn(CC(F)F)c4c3)c12. The molecule has 0 unspecified atom stereocenters. The number of aromatic nitrogens is 6. The monoisotopic (exact) mass is 395 g/mol. The average molecular weight is 395 g/mol. The van der Waals surface area contributed by atoms with Crippen LogP contribution in [-0.4, -0.2) is 56.3 Å². The number of hydrogen-bond donors (Lipinski definition) is 2. The molecule has 0 aliphatic heterocycles. The first-order chi connectivity index (χ1) is 13.2. The molecule has 0 spiro atoms. The maximum absolute atomic E-state index is 12.8. The third-order valence-electron chi connectivity index (χ3n) is 4.19. The lowest BCUT2D eigenvalue weighted by molar-refractivity contribution is 0.122. The number of thiol groups is 1. The van der Waals surface area contributed by atoms with Gasteiger partial charge in [-0.25, -0.2) is 23.0 Å². The van der Waals surface area contributed by atoms with E-state index in [0.29, 0.717) is 22.2 Å². The Hall–Kier alpha value is -2.62. The van der Waals surface area contributed by atoms with Crippen molar-refractivity contribution in [1.29, 1.82) is 0 Å². The molecule has 4 rings (SSSR count). The Labute approximate surface area is 166 Å². The Morgan fingerprint density at radius 1 is 1.25 bits per heavy atom. The molecule has 0 atom stereocenters. The Morgan fingerprint density at radius 3 is 2.75 bits per heavy atom. The van der Waals surface area contributed by atoms with Gasteiger partial charge in [0.2, 0.25) is 5.95 Å². The molecule has 3 heterocycles.